The average molecular weight is 268 g/mol. The number of hydrogen-bond donors (Lipinski definition) is 1. The molecule has 1 aromatic carbocycles. The number of halogens is 3. The summed E-state index contributed by atoms with van der Waals surface area (Å²) in [6, 6.07) is 1.88. The lowest BCUT2D eigenvalue weighted by molar-refractivity contribution is 0.448. The van der Waals surface area contributed by atoms with Crippen molar-refractivity contribution in [3.63, 3.8) is 0 Å². The van der Waals surface area contributed by atoms with E-state index in [4.69, 9.17) is 0 Å². The molecule has 0 saturated heterocycles. The van der Waals surface area contributed by atoms with Crippen LogP contribution in [0, 0.1) is 17.5 Å². The van der Waals surface area contributed by atoms with Gasteiger partial charge in [-0.05, 0) is 18.1 Å². The van der Waals surface area contributed by atoms with E-state index in [-0.39, 0.29) is 22.7 Å². The van der Waals surface area contributed by atoms with Gasteiger partial charge in [-0.1, -0.05) is 13.8 Å². The maximum atomic E-state index is 13.8. The van der Waals surface area contributed by atoms with Gasteiger partial charge in [0.25, 0.3) is 5.56 Å². The molecule has 2 rings (SSSR count). The molecular formula is C13H11F3N2O. The Morgan fingerprint density at radius 1 is 1.16 bits per heavy atom. The number of nitrogens with one attached hydrogen (secondary N) is 1. The zero-order valence-corrected chi connectivity index (χ0v) is 10.3. The molecule has 2 aromatic rings. The Morgan fingerprint density at radius 2 is 1.84 bits per heavy atom. The monoisotopic (exact) mass is 268 g/mol. The van der Waals surface area contributed by atoms with E-state index in [1.54, 1.807) is 13.8 Å². The van der Waals surface area contributed by atoms with E-state index >= 15 is 0 Å². The Labute approximate surface area is 107 Å². The minimum absolute atomic E-state index is 0.0233. The maximum Gasteiger partial charge on any atom is 0.254 e. The first-order valence-corrected chi connectivity index (χ1v) is 5.65. The predicted molar refractivity (Wildman–Crippen MR) is 64.3 cm³/mol. The van der Waals surface area contributed by atoms with Gasteiger partial charge in [0, 0.05) is 11.1 Å². The van der Waals surface area contributed by atoms with Crippen molar-refractivity contribution in [1.82, 2.24) is 9.97 Å². The van der Waals surface area contributed by atoms with Crippen molar-refractivity contribution in [1.29, 1.82) is 0 Å². The number of hydrogen-bond acceptors (Lipinski definition) is 2. The summed E-state index contributed by atoms with van der Waals surface area (Å²) in [6.45, 7) is 3.46. The van der Waals surface area contributed by atoms with Crippen LogP contribution in [0.5, 0.6) is 0 Å². The van der Waals surface area contributed by atoms with E-state index in [1.807, 2.05) is 0 Å². The zero-order chi connectivity index (χ0) is 14.2. The molecule has 100 valence electrons. The molecule has 0 aliphatic heterocycles. The fraction of sp³-hybridized carbons (Fsp3) is 0.231. The standard InChI is InChI=1S/C13H11F3N2O/c1-6(2)9-12(17-5-18-13(9)19)7-3-4-8(14)11(16)10(7)15/h3-6H,1-2H3,(H,17,18,19). The second kappa shape index (κ2) is 4.87. The van der Waals surface area contributed by atoms with Crippen molar-refractivity contribution < 1.29 is 13.2 Å². The van der Waals surface area contributed by atoms with Crippen molar-refractivity contribution in [2.75, 3.05) is 0 Å². The lowest BCUT2D eigenvalue weighted by Gasteiger charge is -2.11. The van der Waals surface area contributed by atoms with Gasteiger partial charge >= 0.3 is 0 Å². The van der Waals surface area contributed by atoms with Crippen LogP contribution in [-0.4, -0.2) is 9.97 Å². The molecule has 1 heterocycles. The van der Waals surface area contributed by atoms with Gasteiger partial charge in [-0.3, -0.25) is 4.79 Å². The predicted octanol–water partition coefficient (Wildman–Crippen LogP) is 2.98. The van der Waals surface area contributed by atoms with Crippen LogP contribution in [0.25, 0.3) is 11.3 Å². The first-order valence-electron chi connectivity index (χ1n) is 5.65. The lowest BCUT2D eigenvalue weighted by atomic mass is 9.98. The lowest BCUT2D eigenvalue weighted by Crippen LogP contribution is -2.16. The third-order valence-corrected chi connectivity index (χ3v) is 2.76. The van der Waals surface area contributed by atoms with Crippen LogP contribution in [0.15, 0.2) is 23.3 Å². The van der Waals surface area contributed by atoms with Gasteiger partial charge < -0.3 is 4.98 Å². The maximum absolute atomic E-state index is 13.8. The minimum atomic E-state index is -1.57. The molecule has 0 unspecified atom stereocenters. The molecule has 0 saturated carbocycles. The Balaban J connectivity index is 2.77. The summed E-state index contributed by atoms with van der Waals surface area (Å²) < 4.78 is 39.9. The summed E-state index contributed by atoms with van der Waals surface area (Å²) in [5.74, 6) is -4.44. The van der Waals surface area contributed by atoms with Crippen molar-refractivity contribution in [3.05, 3.63) is 51.8 Å². The molecule has 0 aliphatic carbocycles. The molecule has 0 amide bonds. The Morgan fingerprint density at radius 3 is 2.47 bits per heavy atom. The summed E-state index contributed by atoms with van der Waals surface area (Å²) in [5, 5.41) is 0. The molecule has 0 spiro atoms. The fourth-order valence-corrected chi connectivity index (χ4v) is 1.87. The highest BCUT2D eigenvalue weighted by Gasteiger charge is 2.20. The van der Waals surface area contributed by atoms with Gasteiger partial charge in [-0.25, -0.2) is 18.2 Å². The summed E-state index contributed by atoms with van der Waals surface area (Å²) in [6.07, 6.45) is 1.10. The molecule has 0 aliphatic rings. The van der Waals surface area contributed by atoms with Crippen LogP contribution in [0.1, 0.15) is 25.3 Å². The zero-order valence-electron chi connectivity index (χ0n) is 10.3. The number of nitrogens with zero attached hydrogens (tertiary/aromatic N) is 1. The number of benzene rings is 1. The van der Waals surface area contributed by atoms with Crippen LogP contribution in [0.2, 0.25) is 0 Å². The second-order valence-corrected chi connectivity index (χ2v) is 4.37. The van der Waals surface area contributed by atoms with E-state index in [1.165, 1.54) is 0 Å². The van der Waals surface area contributed by atoms with Gasteiger partial charge in [-0.15, -0.1) is 0 Å². The van der Waals surface area contributed by atoms with Crippen molar-refractivity contribution in [2.24, 2.45) is 0 Å². The minimum Gasteiger partial charge on any atom is -0.313 e. The summed E-state index contributed by atoms with van der Waals surface area (Å²) in [4.78, 5) is 18.0. The number of aromatic amines is 1. The summed E-state index contributed by atoms with van der Waals surface area (Å²) in [5.41, 5.74) is -0.402. The highest BCUT2D eigenvalue weighted by Crippen LogP contribution is 2.28. The molecule has 0 fully saturated rings. The van der Waals surface area contributed by atoms with Crippen LogP contribution >= 0.6 is 0 Å². The molecule has 0 atom stereocenters. The van der Waals surface area contributed by atoms with Crippen molar-refractivity contribution >= 4 is 0 Å². The topological polar surface area (TPSA) is 45.8 Å². The molecular weight excluding hydrogens is 257 g/mol. The Hall–Kier alpha value is -2.11. The SMILES string of the molecule is CC(C)c1c(-c2ccc(F)c(F)c2F)nc[nH]c1=O. The third kappa shape index (κ3) is 2.25. The van der Waals surface area contributed by atoms with Gasteiger partial charge in [-0.2, -0.15) is 0 Å². The molecule has 0 bridgehead atoms. The van der Waals surface area contributed by atoms with Gasteiger partial charge in [0.2, 0.25) is 0 Å². The quantitative estimate of drug-likeness (QED) is 0.851. The van der Waals surface area contributed by atoms with Gasteiger partial charge in [0.1, 0.15) is 0 Å². The van der Waals surface area contributed by atoms with Gasteiger partial charge in [0.05, 0.1) is 12.0 Å². The Bertz CT molecular complexity index is 680. The molecule has 1 N–H and O–H groups in total. The molecule has 19 heavy (non-hydrogen) atoms. The van der Waals surface area contributed by atoms with E-state index in [0.717, 1.165) is 18.5 Å². The first kappa shape index (κ1) is 13.3. The van der Waals surface area contributed by atoms with Crippen LogP contribution in [0.4, 0.5) is 13.2 Å². The highest BCUT2D eigenvalue weighted by atomic mass is 19.2. The van der Waals surface area contributed by atoms with E-state index in [9.17, 15) is 18.0 Å². The number of aromatic nitrogens is 2. The molecule has 1 aromatic heterocycles. The molecule has 3 nitrogen and oxygen atoms in total. The van der Waals surface area contributed by atoms with E-state index < -0.39 is 23.0 Å². The average Bonchev–Trinajstić information content (AvgIpc) is 2.35. The molecule has 6 heteroatoms. The Kier molecular flexibility index (Phi) is 3.42. The highest BCUT2D eigenvalue weighted by molar-refractivity contribution is 5.64. The van der Waals surface area contributed by atoms with Crippen LogP contribution in [0.3, 0.4) is 0 Å². The van der Waals surface area contributed by atoms with E-state index in [2.05, 4.69) is 9.97 Å². The second-order valence-electron chi connectivity index (χ2n) is 4.37. The van der Waals surface area contributed by atoms with Crippen LogP contribution in [-0.2, 0) is 0 Å². The van der Waals surface area contributed by atoms with Crippen LogP contribution < -0.4 is 5.56 Å². The van der Waals surface area contributed by atoms with Crippen molar-refractivity contribution in [2.45, 2.75) is 19.8 Å². The normalized spacial score (nSPS) is 11.1. The third-order valence-electron chi connectivity index (χ3n) is 2.76. The number of H-pyrrole nitrogens is 1. The number of rotatable bonds is 2. The van der Waals surface area contributed by atoms with E-state index in [0.29, 0.717) is 0 Å². The summed E-state index contributed by atoms with van der Waals surface area (Å²) in [7, 11) is 0. The van der Waals surface area contributed by atoms with Gasteiger partial charge in [0.15, 0.2) is 17.5 Å². The smallest absolute Gasteiger partial charge is 0.254 e. The van der Waals surface area contributed by atoms with Crippen molar-refractivity contribution in [3.8, 4) is 11.3 Å². The fourth-order valence-electron chi connectivity index (χ4n) is 1.87. The summed E-state index contributed by atoms with van der Waals surface area (Å²) >= 11 is 0. The first-order chi connectivity index (χ1) is 8.93. The largest absolute Gasteiger partial charge is 0.313 e. The molecule has 0 radical (unpaired) electrons.